The molecule has 1 aromatic rings. The van der Waals surface area contributed by atoms with Gasteiger partial charge in [-0.25, -0.2) is 13.2 Å². The Hall–Kier alpha value is -1.64. The molecule has 3 heterocycles. The number of hydrogen-bond donors (Lipinski definition) is 0. The smallest absolute Gasteiger partial charge is 0.410 e. The maximum absolute atomic E-state index is 13.2. The van der Waals surface area contributed by atoms with Crippen molar-refractivity contribution in [3.05, 3.63) is 30.3 Å². The number of carbonyl (C=O) groups is 1. The second-order valence-electron chi connectivity index (χ2n) is 11.7. The molecule has 7 nitrogen and oxygen atoms in total. The molecule has 5 rings (SSSR count). The van der Waals surface area contributed by atoms with Crippen molar-refractivity contribution in [3.8, 4) is 0 Å². The number of likely N-dealkylation sites (tertiary alicyclic amines) is 1. The van der Waals surface area contributed by atoms with Crippen molar-refractivity contribution in [1.82, 2.24) is 14.1 Å². The highest BCUT2D eigenvalue weighted by Crippen LogP contribution is 2.43. The van der Waals surface area contributed by atoms with E-state index in [1.165, 1.54) is 32.1 Å². The SMILES string of the molecule is CCCCC1N(CC2CCCCC2)C(=O)OC12CCN(C1CCN(S(=O)(=O)c3ccccc3)CC1)CC2. The van der Waals surface area contributed by atoms with Crippen LogP contribution in [0.2, 0.25) is 0 Å². The summed E-state index contributed by atoms with van der Waals surface area (Å²) in [5, 5.41) is 0. The molecule has 3 aliphatic heterocycles. The van der Waals surface area contributed by atoms with Gasteiger partial charge >= 0.3 is 6.09 Å². The van der Waals surface area contributed by atoms with Crippen molar-refractivity contribution in [2.24, 2.45) is 5.92 Å². The van der Waals surface area contributed by atoms with E-state index in [0.717, 1.165) is 64.6 Å². The molecule has 3 saturated heterocycles. The largest absolute Gasteiger partial charge is 0.440 e. The molecule has 1 unspecified atom stereocenters. The number of hydrogen-bond acceptors (Lipinski definition) is 5. The molecular weight excluding hydrogens is 486 g/mol. The van der Waals surface area contributed by atoms with Crippen molar-refractivity contribution >= 4 is 16.1 Å². The first kappa shape index (κ1) is 26.9. The van der Waals surface area contributed by atoms with E-state index in [9.17, 15) is 13.2 Å². The summed E-state index contributed by atoms with van der Waals surface area (Å²) < 4.78 is 34.0. The number of benzene rings is 1. The van der Waals surface area contributed by atoms with Crippen LogP contribution in [0.15, 0.2) is 35.2 Å². The molecular formula is C29H45N3O4S. The maximum atomic E-state index is 13.2. The van der Waals surface area contributed by atoms with Crippen LogP contribution < -0.4 is 0 Å². The average molecular weight is 532 g/mol. The zero-order valence-corrected chi connectivity index (χ0v) is 23.3. The van der Waals surface area contributed by atoms with Gasteiger partial charge in [0.25, 0.3) is 0 Å². The van der Waals surface area contributed by atoms with Gasteiger partial charge in [0, 0.05) is 51.6 Å². The van der Waals surface area contributed by atoms with Crippen LogP contribution in [0.25, 0.3) is 0 Å². The van der Waals surface area contributed by atoms with Crippen LogP contribution in [-0.4, -0.2) is 79.0 Å². The van der Waals surface area contributed by atoms with Crippen LogP contribution in [0.1, 0.15) is 84.0 Å². The van der Waals surface area contributed by atoms with Gasteiger partial charge < -0.3 is 9.64 Å². The zero-order valence-electron chi connectivity index (χ0n) is 22.5. The van der Waals surface area contributed by atoms with Crippen LogP contribution in [0, 0.1) is 5.92 Å². The van der Waals surface area contributed by atoms with E-state index >= 15 is 0 Å². The van der Waals surface area contributed by atoms with Gasteiger partial charge in [-0.05, 0) is 50.2 Å². The number of carbonyl (C=O) groups excluding carboxylic acids is 1. The second-order valence-corrected chi connectivity index (χ2v) is 13.7. The van der Waals surface area contributed by atoms with Crippen molar-refractivity contribution in [2.75, 3.05) is 32.7 Å². The van der Waals surface area contributed by atoms with Gasteiger partial charge in [-0.1, -0.05) is 57.2 Å². The molecule has 0 radical (unpaired) electrons. The third-order valence-corrected chi connectivity index (χ3v) is 11.4. The standard InChI is InChI=1S/C29H45N3O4S/c1-2-3-14-27-29(36-28(33)32(27)23-24-10-6-4-7-11-24)17-21-30(22-18-29)25-15-19-31(20-16-25)37(34,35)26-12-8-5-9-13-26/h5,8-9,12-13,24-25,27H,2-4,6-7,10-11,14-23H2,1H3. The minimum Gasteiger partial charge on any atom is -0.440 e. The first-order valence-corrected chi connectivity index (χ1v) is 16.2. The third-order valence-electron chi connectivity index (χ3n) is 9.48. The first-order chi connectivity index (χ1) is 17.9. The number of unbranched alkanes of at least 4 members (excludes halogenated alkanes) is 1. The highest BCUT2D eigenvalue weighted by Gasteiger charge is 2.55. The highest BCUT2D eigenvalue weighted by atomic mass is 32.2. The molecule has 0 N–H and O–H groups in total. The molecule has 4 aliphatic rings. The lowest BCUT2D eigenvalue weighted by molar-refractivity contribution is -0.0374. The Morgan fingerprint density at radius 1 is 0.946 bits per heavy atom. The summed E-state index contributed by atoms with van der Waals surface area (Å²) in [4.78, 5) is 18.2. The van der Waals surface area contributed by atoms with Gasteiger partial charge in [0.2, 0.25) is 10.0 Å². The van der Waals surface area contributed by atoms with Crippen molar-refractivity contribution in [2.45, 2.75) is 107 Å². The van der Waals surface area contributed by atoms with Gasteiger partial charge in [-0.3, -0.25) is 4.90 Å². The molecule has 1 aromatic carbocycles. The summed E-state index contributed by atoms with van der Waals surface area (Å²) in [6.45, 7) is 6.06. The molecule has 0 bridgehead atoms. The second kappa shape index (κ2) is 11.6. The Bertz CT molecular complexity index is 995. The average Bonchev–Trinajstić information content (AvgIpc) is 3.18. The number of ether oxygens (including phenoxy) is 1. The minimum atomic E-state index is -3.42. The van der Waals surface area contributed by atoms with Crippen molar-refractivity contribution in [3.63, 3.8) is 0 Å². The Kier molecular flexibility index (Phi) is 8.46. The quantitative estimate of drug-likeness (QED) is 0.457. The fraction of sp³-hybridized carbons (Fsp3) is 0.759. The van der Waals surface area contributed by atoms with E-state index < -0.39 is 10.0 Å². The van der Waals surface area contributed by atoms with Crippen LogP contribution in [0.5, 0.6) is 0 Å². The zero-order chi connectivity index (χ0) is 25.9. The van der Waals surface area contributed by atoms with Crippen LogP contribution >= 0.6 is 0 Å². The molecule has 1 spiro atoms. The molecule has 1 atom stereocenters. The Morgan fingerprint density at radius 3 is 2.27 bits per heavy atom. The van der Waals surface area contributed by atoms with E-state index in [0.29, 0.717) is 29.9 Å². The summed E-state index contributed by atoms with van der Waals surface area (Å²) >= 11 is 0. The summed E-state index contributed by atoms with van der Waals surface area (Å²) in [5.74, 6) is 0.623. The van der Waals surface area contributed by atoms with Crippen LogP contribution in [0.4, 0.5) is 4.79 Å². The molecule has 37 heavy (non-hydrogen) atoms. The van der Waals surface area contributed by atoms with Gasteiger partial charge in [0.1, 0.15) is 5.60 Å². The van der Waals surface area contributed by atoms with E-state index in [-0.39, 0.29) is 17.7 Å². The monoisotopic (exact) mass is 531 g/mol. The predicted octanol–water partition coefficient (Wildman–Crippen LogP) is 5.27. The molecule has 1 amide bonds. The summed E-state index contributed by atoms with van der Waals surface area (Å²) in [5.41, 5.74) is -0.352. The molecule has 206 valence electrons. The van der Waals surface area contributed by atoms with E-state index in [1.807, 2.05) is 6.07 Å². The fourth-order valence-electron chi connectivity index (χ4n) is 7.27. The summed E-state index contributed by atoms with van der Waals surface area (Å²) in [6, 6.07) is 9.36. The Labute approximate surface area is 223 Å². The Balaban J connectivity index is 1.19. The van der Waals surface area contributed by atoms with Gasteiger partial charge in [-0.2, -0.15) is 4.31 Å². The topological polar surface area (TPSA) is 70.2 Å². The number of piperidine rings is 2. The lowest BCUT2D eigenvalue weighted by Crippen LogP contribution is -2.56. The fourth-order valence-corrected chi connectivity index (χ4v) is 8.76. The van der Waals surface area contributed by atoms with E-state index in [4.69, 9.17) is 4.74 Å². The van der Waals surface area contributed by atoms with Crippen molar-refractivity contribution < 1.29 is 17.9 Å². The van der Waals surface area contributed by atoms with Gasteiger partial charge in [-0.15, -0.1) is 0 Å². The lowest BCUT2D eigenvalue weighted by Gasteiger charge is -2.46. The van der Waals surface area contributed by atoms with E-state index in [1.54, 1.807) is 28.6 Å². The van der Waals surface area contributed by atoms with E-state index in [2.05, 4.69) is 16.7 Å². The molecule has 1 aliphatic carbocycles. The number of rotatable bonds is 8. The number of nitrogens with zero attached hydrogens (tertiary/aromatic N) is 3. The maximum Gasteiger partial charge on any atom is 0.410 e. The highest BCUT2D eigenvalue weighted by molar-refractivity contribution is 7.89. The molecule has 1 saturated carbocycles. The predicted molar refractivity (Wildman–Crippen MR) is 145 cm³/mol. The normalized spacial score (nSPS) is 26.6. The summed E-state index contributed by atoms with van der Waals surface area (Å²) in [6.07, 6.45) is 13.1. The summed E-state index contributed by atoms with van der Waals surface area (Å²) in [7, 11) is -3.42. The molecule has 0 aromatic heterocycles. The number of sulfonamides is 1. The molecule has 4 fully saturated rings. The minimum absolute atomic E-state index is 0.0837. The van der Waals surface area contributed by atoms with Crippen molar-refractivity contribution in [1.29, 1.82) is 0 Å². The number of amides is 1. The Morgan fingerprint density at radius 2 is 1.62 bits per heavy atom. The first-order valence-electron chi connectivity index (χ1n) is 14.7. The van der Waals surface area contributed by atoms with Gasteiger partial charge in [0.15, 0.2) is 0 Å². The van der Waals surface area contributed by atoms with Gasteiger partial charge in [0.05, 0.1) is 10.9 Å². The third kappa shape index (κ3) is 5.71. The molecule has 8 heteroatoms. The lowest BCUT2D eigenvalue weighted by atomic mass is 9.80. The van der Waals surface area contributed by atoms with Crippen LogP contribution in [0.3, 0.4) is 0 Å². The van der Waals surface area contributed by atoms with Crippen LogP contribution in [-0.2, 0) is 14.8 Å².